The van der Waals surface area contributed by atoms with Crippen LogP contribution in [0.15, 0.2) is 64.6 Å². The first kappa shape index (κ1) is 25.4. The van der Waals surface area contributed by atoms with Crippen molar-refractivity contribution < 1.29 is 14.0 Å². The Bertz CT molecular complexity index is 1490. The number of Topliss-reactive ketones (excluding diaryl/α,β-unsaturated/α-hetero) is 1. The number of hydrogen-bond acceptors (Lipinski definition) is 7. The summed E-state index contributed by atoms with van der Waals surface area (Å²) in [7, 11) is 0. The van der Waals surface area contributed by atoms with Crippen molar-refractivity contribution in [1.29, 1.82) is 0 Å². The first-order valence-corrected chi connectivity index (χ1v) is 12.3. The van der Waals surface area contributed by atoms with Gasteiger partial charge in [0.25, 0.3) is 11.5 Å². The number of carbonyl (C=O) groups excluding carboxylic acids is 2. The molecule has 0 aliphatic rings. The van der Waals surface area contributed by atoms with Gasteiger partial charge in [-0.1, -0.05) is 45.0 Å². The maximum atomic E-state index is 13.2. The summed E-state index contributed by atoms with van der Waals surface area (Å²) in [6.07, 6.45) is 4.53. The van der Waals surface area contributed by atoms with Gasteiger partial charge >= 0.3 is 0 Å². The Kier molecular flexibility index (Phi) is 7.14. The minimum Gasteiger partial charge on any atom is -0.461 e. The molecule has 0 bridgehead atoms. The van der Waals surface area contributed by atoms with Crippen molar-refractivity contribution in [2.75, 3.05) is 5.32 Å². The lowest BCUT2D eigenvalue weighted by Gasteiger charge is -2.18. The van der Waals surface area contributed by atoms with Gasteiger partial charge in [0, 0.05) is 34.2 Å². The van der Waals surface area contributed by atoms with E-state index in [1.165, 1.54) is 32.9 Å². The topological polar surface area (TPSA) is 99.1 Å². The second-order valence-corrected chi connectivity index (χ2v) is 11.0. The number of furan rings is 1. The third-order valence-corrected chi connectivity index (χ3v) is 6.61. The molecule has 0 atom stereocenters. The van der Waals surface area contributed by atoms with Crippen LogP contribution in [-0.4, -0.2) is 26.0 Å². The van der Waals surface area contributed by atoms with Gasteiger partial charge in [-0.15, -0.1) is 11.3 Å². The molecule has 0 aliphatic heterocycles. The maximum absolute atomic E-state index is 13.2. The van der Waals surface area contributed by atoms with Crippen molar-refractivity contribution in [3.63, 3.8) is 0 Å². The van der Waals surface area contributed by atoms with Gasteiger partial charge in [-0.3, -0.25) is 14.4 Å². The average molecular weight is 525 g/mol. The summed E-state index contributed by atoms with van der Waals surface area (Å²) >= 11 is 7.48. The Morgan fingerprint density at radius 3 is 2.64 bits per heavy atom. The molecule has 4 aromatic heterocycles. The lowest BCUT2D eigenvalue weighted by molar-refractivity contribution is 0.0752. The van der Waals surface area contributed by atoms with Gasteiger partial charge in [0.2, 0.25) is 5.78 Å². The molecule has 186 valence electrons. The van der Waals surface area contributed by atoms with Gasteiger partial charge in [0.05, 0.1) is 29.4 Å². The van der Waals surface area contributed by atoms with Gasteiger partial charge in [0.15, 0.2) is 5.76 Å². The SMILES string of the molecule is C=Cc1cn(CC(=O)c2ccco2)c(=O)cc1-c1cc(NCc2ccc(Cl)s2)n(C(=O)C(C)(C)C)n1. The summed E-state index contributed by atoms with van der Waals surface area (Å²) in [5.74, 6) is 0.123. The number of rotatable bonds is 8. The standard InChI is InChI=1S/C26H25ClN4O4S/c1-5-16-14-30(15-20(32)21-7-6-10-35-21)24(33)11-18(16)19-12-23(28-13-17-8-9-22(27)36-17)31(29-19)25(34)26(2,3)4/h5-12,14,28H,1,13,15H2,2-4H3. The zero-order valence-corrected chi connectivity index (χ0v) is 21.7. The molecule has 0 aliphatic carbocycles. The molecule has 0 unspecified atom stereocenters. The first-order valence-electron chi connectivity index (χ1n) is 11.1. The second kappa shape index (κ2) is 10.1. The molecule has 4 aromatic rings. The quantitative estimate of drug-likeness (QED) is 0.290. The number of thiophene rings is 1. The molecule has 10 heteroatoms. The van der Waals surface area contributed by atoms with E-state index in [0.29, 0.717) is 33.5 Å². The summed E-state index contributed by atoms with van der Waals surface area (Å²) in [6.45, 7) is 9.56. The number of aromatic nitrogens is 3. The van der Waals surface area contributed by atoms with Crippen LogP contribution in [0.1, 0.15) is 46.6 Å². The predicted octanol–water partition coefficient (Wildman–Crippen LogP) is 5.84. The van der Waals surface area contributed by atoms with E-state index in [1.54, 1.807) is 30.5 Å². The lowest BCUT2D eigenvalue weighted by Crippen LogP contribution is -2.28. The Morgan fingerprint density at radius 1 is 1.25 bits per heavy atom. The minimum atomic E-state index is -0.692. The van der Waals surface area contributed by atoms with Gasteiger partial charge in [-0.2, -0.15) is 9.78 Å². The van der Waals surface area contributed by atoms with Crippen LogP contribution in [0.3, 0.4) is 0 Å². The zero-order chi connectivity index (χ0) is 26.0. The Labute approximate surface area is 216 Å². The Hall–Kier alpha value is -3.69. The van der Waals surface area contributed by atoms with E-state index in [4.69, 9.17) is 16.0 Å². The molecule has 0 spiro atoms. The van der Waals surface area contributed by atoms with Crippen molar-refractivity contribution >= 4 is 46.5 Å². The molecule has 36 heavy (non-hydrogen) atoms. The molecule has 0 aromatic carbocycles. The van der Waals surface area contributed by atoms with E-state index >= 15 is 0 Å². The number of hydrogen-bond donors (Lipinski definition) is 1. The average Bonchev–Trinajstić information content (AvgIpc) is 3.58. The third kappa shape index (κ3) is 5.42. The third-order valence-electron chi connectivity index (χ3n) is 5.38. The van der Waals surface area contributed by atoms with Crippen LogP contribution in [0, 0.1) is 5.41 Å². The largest absolute Gasteiger partial charge is 0.461 e. The minimum absolute atomic E-state index is 0.174. The van der Waals surface area contributed by atoms with Crippen molar-refractivity contribution in [2.24, 2.45) is 5.41 Å². The second-order valence-electron chi connectivity index (χ2n) is 9.15. The monoisotopic (exact) mass is 524 g/mol. The fourth-order valence-electron chi connectivity index (χ4n) is 3.50. The van der Waals surface area contributed by atoms with Crippen LogP contribution in [0.2, 0.25) is 4.34 Å². The number of ketones is 1. The number of pyridine rings is 1. The van der Waals surface area contributed by atoms with E-state index < -0.39 is 11.0 Å². The maximum Gasteiger partial charge on any atom is 0.254 e. The number of halogens is 1. The Morgan fingerprint density at radius 2 is 2.03 bits per heavy atom. The normalized spacial score (nSPS) is 11.4. The Balaban J connectivity index is 1.71. The van der Waals surface area contributed by atoms with Crippen LogP contribution in [0.25, 0.3) is 17.3 Å². The highest BCUT2D eigenvalue weighted by Crippen LogP contribution is 2.29. The molecule has 4 heterocycles. The van der Waals surface area contributed by atoms with Gasteiger partial charge in [0.1, 0.15) is 5.82 Å². The summed E-state index contributed by atoms with van der Waals surface area (Å²) in [6, 6.07) is 10.00. The molecular formula is C26H25ClN4O4S. The first-order chi connectivity index (χ1) is 17.1. The van der Waals surface area contributed by atoms with Crippen LogP contribution in [0.4, 0.5) is 5.82 Å². The predicted molar refractivity (Wildman–Crippen MR) is 142 cm³/mol. The molecule has 0 amide bonds. The molecule has 0 radical (unpaired) electrons. The van der Waals surface area contributed by atoms with Gasteiger partial charge in [-0.05, 0) is 29.8 Å². The van der Waals surface area contributed by atoms with Gasteiger partial charge in [-0.25, -0.2) is 0 Å². The summed E-state index contributed by atoms with van der Waals surface area (Å²) in [4.78, 5) is 39.5. The molecule has 0 saturated carbocycles. The van der Waals surface area contributed by atoms with Crippen LogP contribution in [0.5, 0.6) is 0 Å². The number of anilines is 1. The number of nitrogens with zero attached hydrogens (tertiary/aromatic N) is 3. The fraction of sp³-hybridized carbons (Fsp3) is 0.231. The molecule has 0 fully saturated rings. The van der Waals surface area contributed by atoms with Crippen molar-refractivity contribution in [2.45, 2.75) is 33.9 Å². The smallest absolute Gasteiger partial charge is 0.254 e. The van der Waals surface area contributed by atoms with Crippen molar-refractivity contribution in [3.05, 3.63) is 86.3 Å². The van der Waals surface area contributed by atoms with Crippen molar-refractivity contribution in [3.8, 4) is 11.3 Å². The number of nitrogens with one attached hydrogen (secondary N) is 1. The fourth-order valence-corrected chi connectivity index (χ4v) is 4.53. The zero-order valence-electron chi connectivity index (χ0n) is 20.1. The van der Waals surface area contributed by atoms with Crippen molar-refractivity contribution in [1.82, 2.24) is 14.3 Å². The van der Waals surface area contributed by atoms with E-state index in [-0.39, 0.29) is 24.0 Å². The van der Waals surface area contributed by atoms with E-state index in [0.717, 1.165) is 4.88 Å². The number of carbonyl (C=O) groups is 2. The molecule has 0 saturated heterocycles. The van der Waals surface area contributed by atoms with Crippen LogP contribution >= 0.6 is 22.9 Å². The van der Waals surface area contributed by atoms with E-state index in [2.05, 4.69) is 17.0 Å². The summed E-state index contributed by atoms with van der Waals surface area (Å²) in [5.41, 5.74) is 0.430. The van der Waals surface area contributed by atoms with Crippen LogP contribution < -0.4 is 10.9 Å². The van der Waals surface area contributed by atoms with E-state index in [9.17, 15) is 14.4 Å². The molecular weight excluding hydrogens is 500 g/mol. The molecule has 1 N–H and O–H groups in total. The lowest BCUT2D eigenvalue weighted by atomic mass is 9.96. The highest BCUT2D eigenvalue weighted by atomic mass is 35.5. The molecule has 8 nitrogen and oxygen atoms in total. The summed E-state index contributed by atoms with van der Waals surface area (Å²) < 4.78 is 8.43. The molecule has 4 rings (SSSR count). The van der Waals surface area contributed by atoms with Crippen LogP contribution in [-0.2, 0) is 13.1 Å². The van der Waals surface area contributed by atoms with Gasteiger partial charge < -0.3 is 14.3 Å². The highest BCUT2D eigenvalue weighted by Gasteiger charge is 2.27. The summed E-state index contributed by atoms with van der Waals surface area (Å²) in [5, 5.41) is 7.81. The van der Waals surface area contributed by atoms with E-state index in [1.807, 2.05) is 32.9 Å². The highest BCUT2D eigenvalue weighted by molar-refractivity contribution is 7.16.